The maximum Gasteiger partial charge on any atom is 0.274 e. The van der Waals surface area contributed by atoms with Crippen molar-refractivity contribution < 1.29 is 14.0 Å². The fourth-order valence-electron chi connectivity index (χ4n) is 1.07. The van der Waals surface area contributed by atoms with E-state index < -0.39 is 17.4 Å². The molecule has 17 heavy (non-hydrogen) atoms. The van der Waals surface area contributed by atoms with Crippen molar-refractivity contribution in [3.63, 3.8) is 0 Å². The molecule has 0 fully saturated rings. The number of halogens is 3. The van der Waals surface area contributed by atoms with Gasteiger partial charge < -0.3 is 10.6 Å². The van der Waals surface area contributed by atoms with Crippen molar-refractivity contribution in [1.29, 1.82) is 0 Å². The number of alkyl halides is 3. The number of rotatable bonds is 4. The highest BCUT2D eigenvalue weighted by Crippen LogP contribution is 2.21. The molecule has 0 radical (unpaired) electrons. The van der Waals surface area contributed by atoms with Crippen molar-refractivity contribution in [2.75, 3.05) is 16.5 Å². The second kappa shape index (κ2) is 6.42. The Morgan fingerprint density at radius 2 is 1.76 bits per heavy atom. The lowest BCUT2D eigenvalue weighted by atomic mass is 10.2. The van der Waals surface area contributed by atoms with Crippen molar-refractivity contribution >= 4 is 46.4 Å². The van der Waals surface area contributed by atoms with Crippen LogP contribution in [0.25, 0.3) is 0 Å². The number of benzene rings is 1. The Balaban J connectivity index is 2.84. The normalized spacial score (nSPS) is 11.7. The van der Waals surface area contributed by atoms with Crippen LogP contribution in [0.1, 0.15) is 0 Å². The zero-order valence-corrected chi connectivity index (χ0v) is 10.1. The third kappa shape index (κ3) is 4.20. The molecule has 0 aromatic heterocycles. The number of amides is 2. The Bertz CT molecular complexity index is 427. The maximum atomic E-state index is 12.5. The van der Waals surface area contributed by atoms with Gasteiger partial charge in [-0.2, -0.15) is 0 Å². The highest BCUT2D eigenvalue weighted by atomic mass is 35.5. The van der Waals surface area contributed by atoms with Crippen LogP contribution in [0.2, 0.25) is 0 Å². The molecule has 1 aromatic carbocycles. The van der Waals surface area contributed by atoms with E-state index >= 15 is 0 Å². The highest BCUT2D eigenvalue weighted by Gasteiger charge is 2.15. The van der Waals surface area contributed by atoms with Crippen LogP contribution in [0.15, 0.2) is 24.3 Å². The molecule has 2 N–H and O–H groups in total. The fourth-order valence-corrected chi connectivity index (χ4v) is 1.19. The molecule has 0 saturated carbocycles. The number of carbonyl (C=O) groups is 2. The number of anilines is 2. The molecule has 0 heterocycles. The lowest BCUT2D eigenvalue weighted by Crippen LogP contribution is -2.21. The van der Waals surface area contributed by atoms with E-state index in [4.69, 9.17) is 23.2 Å². The summed E-state index contributed by atoms with van der Waals surface area (Å²) in [7, 11) is 0. The van der Waals surface area contributed by atoms with E-state index in [1.807, 2.05) is 0 Å². The Morgan fingerprint density at radius 3 is 2.24 bits per heavy atom. The number of nitrogens with one attached hydrogen (secondary N) is 2. The largest absolute Gasteiger partial charge is 0.323 e. The molecule has 1 atom stereocenters. The molecule has 0 aliphatic carbocycles. The van der Waals surface area contributed by atoms with Crippen LogP contribution in [-0.4, -0.2) is 23.3 Å². The van der Waals surface area contributed by atoms with Gasteiger partial charge in [0.05, 0.1) is 11.4 Å². The molecule has 4 nitrogen and oxygen atoms in total. The monoisotopic (exact) mass is 278 g/mol. The molecule has 1 unspecified atom stereocenters. The van der Waals surface area contributed by atoms with Gasteiger partial charge in [0.25, 0.3) is 11.5 Å². The van der Waals surface area contributed by atoms with Gasteiger partial charge in [-0.15, -0.1) is 11.6 Å². The Kier molecular flexibility index (Phi) is 5.18. The molecule has 0 spiro atoms. The van der Waals surface area contributed by atoms with Gasteiger partial charge in [-0.1, -0.05) is 23.7 Å². The Hall–Kier alpha value is -1.33. The van der Waals surface area contributed by atoms with Crippen LogP contribution in [0.5, 0.6) is 0 Å². The Labute approximate surface area is 107 Å². The summed E-state index contributed by atoms with van der Waals surface area (Å²) in [6.07, 6.45) is 0. The first-order valence-corrected chi connectivity index (χ1v) is 5.55. The van der Waals surface area contributed by atoms with Gasteiger partial charge in [0.2, 0.25) is 5.91 Å². The van der Waals surface area contributed by atoms with E-state index in [1.165, 1.54) is 6.07 Å². The second-order valence-corrected chi connectivity index (χ2v) is 3.67. The maximum absolute atomic E-state index is 12.5. The van der Waals surface area contributed by atoms with Gasteiger partial charge in [-0.25, -0.2) is 4.39 Å². The zero-order valence-electron chi connectivity index (χ0n) is 8.54. The van der Waals surface area contributed by atoms with E-state index in [9.17, 15) is 14.0 Å². The first kappa shape index (κ1) is 13.7. The predicted molar refractivity (Wildman–Crippen MR) is 65.2 cm³/mol. The molecule has 7 heteroatoms. The topological polar surface area (TPSA) is 58.2 Å². The van der Waals surface area contributed by atoms with Crippen molar-refractivity contribution in [3.8, 4) is 0 Å². The van der Waals surface area contributed by atoms with Crippen LogP contribution < -0.4 is 10.6 Å². The molecular weight excluding hydrogens is 270 g/mol. The third-order valence-electron chi connectivity index (χ3n) is 1.78. The van der Waals surface area contributed by atoms with Crippen LogP contribution in [0.3, 0.4) is 0 Å². The summed E-state index contributed by atoms with van der Waals surface area (Å²) in [6, 6.07) is 6.31. The van der Waals surface area contributed by atoms with Gasteiger partial charge >= 0.3 is 0 Å². The molecule has 2 amide bonds. The fraction of sp³-hybridized carbons (Fsp3) is 0.200. The third-order valence-corrected chi connectivity index (χ3v) is 2.22. The summed E-state index contributed by atoms with van der Waals surface area (Å²) < 4.78 is 12.5. The highest BCUT2D eigenvalue weighted by molar-refractivity contribution is 6.31. The van der Waals surface area contributed by atoms with Crippen LogP contribution in [0, 0.1) is 0 Å². The van der Waals surface area contributed by atoms with Crippen molar-refractivity contribution in [1.82, 2.24) is 0 Å². The summed E-state index contributed by atoms with van der Waals surface area (Å²) in [5.74, 6) is -1.65. The molecule has 0 saturated heterocycles. The minimum Gasteiger partial charge on any atom is -0.323 e. The molecule has 1 aromatic rings. The van der Waals surface area contributed by atoms with E-state index in [2.05, 4.69) is 10.6 Å². The number of hydrogen-bond donors (Lipinski definition) is 2. The molecule has 0 aliphatic rings. The summed E-state index contributed by atoms with van der Waals surface area (Å²) in [5, 5.41) is 4.69. The SMILES string of the molecule is O=C(CCl)Nc1ccccc1NC(=O)C(F)Cl. The Morgan fingerprint density at radius 1 is 1.24 bits per heavy atom. The summed E-state index contributed by atoms with van der Waals surface area (Å²) in [5.41, 5.74) is -1.57. The number of hydrogen-bond acceptors (Lipinski definition) is 2. The predicted octanol–water partition coefficient (Wildman–Crippen LogP) is 2.34. The van der Waals surface area contributed by atoms with Gasteiger partial charge in [-0.05, 0) is 12.1 Å². The van der Waals surface area contributed by atoms with Crippen molar-refractivity contribution in [3.05, 3.63) is 24.3 Å². The lowest BCUT2D eigenvalue weighted by molar-refractivity contribution is -0.118. The van der Waals surface area contributed by atoms with Crippen molar-refractivity contribution in [2.45, 2.75) is 5.63 Å². The first-order chi connectivity index (χ1) is 8.04. The zero-order chi connectivity index (χ0) is 12.8. The van der Waals surface area contributed by atoms with Gasteiger partial charge in [0.1, 0.15) is 5.88 Å². The average molecular weight is 279 g/mol. The summed E-state index contributed by atoms with van der Waals surface area (Å²) in [4.78, 5) is 22.2. The van der Waals surface area contributed by atoms with Crippen molar-refractivity contribution in [2.24, 2.45) is 0 Å². The minimum atomic E-state index is -2.15. The van der Waals surface area contributed by atoms with E-state index in [-0.39, 0.29) is 11.6 Å². The first-order valence-electron chi connectivity index (χ1n) is 4.58. The molecular formula is C10H9Cl2FN2O2. The summed E-state index contributed by atoms with van der Waals surface area (Å²) >= 11 is 10.3. The van der Waals surface area contributed by atoms with Gasteiger partial charge in [-0.3, -0.25) is 9.59 Å². The average Bonchev–Trinajstić information content (AvgIpc) is 2.31. The molecule has 1 rings (SSSR count). The molecule has 0 bridgehead atoms. The standard InChI is InChI=1S/C10H9Cl2FN2O2/c11-5-8(16)14-6-3-1-2-4-7(6)15-10(17)9(12)13/h1-4,9H,5H2,(H,14,16)(H,15,17). The van der Waals surface area contributed by atoms with Crippen LogP contribution in [0.4, 0.5) is 15.8 Å². The van der Waals surface area contributed by atoms with Crippen LogP contribution in [-0.2, 0) is 9.59 Å². The minimum absolute atomic E-state index is 0.219. The second-order valence-electron chi connectivity index (χ2n) is 3.02. The van der Waals surface area contributed by atoms with E-state index in [0.29, 0.717) is 5.69 Å². The van der Waals surface area contributed by atoms with E-state index in [0.717, 1.165) is 0 Å². The van der Waals surface area contributed by atoms with Crippen LogP contribution >= 0.6 is 23.2 Å². The number of carbonyl (C=O) groups excluding carboxylic acids is 2. The molecule has 0 aliphatic heterocycles. The number of para-hydroxylation sites is 2. The van der Waals surface area contributed by atoms with Gasteiger partial charge in [0.15, 0.2) is 0 Å². The lowest BCUT2D eigenvalue weighted by Gasteiger charge is -2.11. The smallest absolute Gasteiger partial charge is 0.274 e. The van der Waals surface area contributed by atoms with E-state index in [1.54, 1.807) is 18.2 Å². The quantitative estimate of drug-likeness (QED) is 0.831. The summed E-state index contributed by atoms with van der Waals surface area (Å²) in [6.45, 7) is 0. The molecule has 92 valence electrons. The van der Waals surface area contributed by atoms with Gasteiger partial charge in [0, 0.05) is 0 Å².